The van der Waals surface area contributed by atoms with E-state index in [2.05, 4.69) is 27.8 Å². The monoisotopic (exact) mass is 396 g/mol. The molecular weight excluding hydrogens is 372 g/mol. The molecule has 146 valence electrons. The summed E-state index contributed by atoms with van der Waals surface area (Å²) >= 11 is 1.49. The third kappa shape index (κ3) is 4.20. The molecule has 28 heavy (non-hydrogen) atoms. The Labute approximate surface area is 167 Å². The molecule has 7 heteroatoms. The van der Waals surface area contributed by atoms with E-state index in [1.165, 1.54) is 22.3 Å². The number of para-hydroxylation sites is 1. The minimum atomic E-state index is -0.147. The Morgan fingerprint density at radius 3 is 2.96 bits per heavy atom. The molecule has 1 fully saturated rings. The first-order valence-electron chi connectivity index (χ1n) is 9.63. The first-order valence-corrected chi connectivity index (χ1v) is 10.5. The van der Waals surface area contributed by atoms with E-state index in [-0.39, 0.29) is 17.9 Å². The van der Waals surface area contributed by atoms with Crippen LogP contribution in [0.1, 0.15) is 18.4 Å². The number of benzene rings is 1. The molecule has 0 saturated carbocycles. The average molecular weight is 397 g/mol. The summed E-state index contributed by atoms with van der Waals surface area (Å²) in [5, 5.41) is 9.91. The lowest BCUT2D eigenvalue weighted by molar-refractivity contribution is -0.126. The van der Waals surface area contributed by atoms with Gasteiger partial charge in [0.15, 0.2) is 0 Å². The van der Waals surface area contributed by atoms with Crippen molar-refractivity contribution in [1.29, 1.82) is 0 Å². The molecule has 3 N–H and O–H groups in total. The van der Waals surface area contributed by atoms with Gasteiger partial charge in [-0.05, 0) is 48.4 Å². The summed E-state index contributed by atoms with van der Waals surface area (Å²) in [7, 11) is 0. The smallest absolute Gasteiger partial charge is 0.322 e. The second kappa shape index (κ2) is 8.48. The molecule has 1 aliphatic heterocycles. The molecular formula is C21H24N4O2S. The van der Waals surface area contributed by atoms with Gasteiger partial charge in [0.05, 0.1) is 10.9 Å². The van der Waals surface area contributed by atoms with Crippen LogP contribution in [-0.2, 0) is 11.2 Å². The minimum Gasteiger partial charge on any atom is -0.361 e. The average Bonchev–Trinajstić information content (AvgIpc) is 3.38. The lowest BCUT2D eigenvalue weighted by Crippen LogP contribution is -2.47. The third-order valence-corrected chi connectivity index (χ3v) is 5.98. The molecule has 3 aromatic rings. The van der Waals surface area contributed by atoms with Crippen molar-refractivity contribution in [3.63, 3.8) is 0 Å². The van der Waals surface area contributed by atoms with E-state index in [0.29, 0.717) is 19.6 Å². The molecule has 1 saturated heterocycles. The quantitative estimate of drug-likeness (QED) is 0.613. The summed E-state index contributed by atoms with van der Waals surface area (Å²) in [4.78, 5) is 30.0. The number of nitrogens with zero attached hydrogens (tertiary/aromatic N) is 1. The first kappa shape index (κ1) is 18.6. The number of likely N-dealkylation sites (tertiary alicyclic amines) is 1. The van der Waals surface area contributed by atoms with E-state index < -0.39 is 0 Å². The number of thiophene rings is 1. The van der Waals surface area contributed by atoms with Crippen molar-refractivity contribution in [2.24, 2.45) is 5.92 Å². The molecule has 0 spiro atoms. The predicted molar refractivity (Wildman–Crippen MR) is 113 cm³/mol. The van der Waals surface area contributed by atoms with Crippen LogP contribution in [0.25, 0.3) is 10.9 Å². The zero-order chi connectivity index (χ0) is 19.3. The summed E-state index contributed by atoms with van der Waals surface area (Å²) in [6.45, 7) is 1.75. The number of nitrogens with one attached hydrogen (secondary N) is 3. The number of amides is 3. The number of hydrogen-bond acceptors (Lipinski definition) is 3. The van der Waals surface area contributed by atoms with Crippen molar-refractivity contribution in [3.8, 4) is 0 Å². The minimum absolute atomic E-state index is 0.0356. The second-order valence-corrected chi connectivity index (χ2v) is 8.04. The zero-order valence-corrected chi connectivity index (χ0v) is 16.4. The molecule has 0 bridgehead atoms. The number of rotatable bonds is 5. The number of carbonyl (C=O) groups excluding carboxylic acids is 2. The SMILES string of the molecule is O=C(NCCc1c[nH]c2ccccc12)C1CCCN(C(=O)Nc2cccs2)C1. The lowest BCUT2D eigenvalue weighted by Gasteiger charge is -2.31. The van der Waals surface area contributed by atoms with Crippen LogP contribution in [0.4, 0.5) is 9.80 Å². The van der Waals surface area contributed by atoms with Gasteiger partial charge < -0.3 is 15.2 Å². The van der Waals surface area contributed by atoms with E-state index >= 15 is 0 Å². The number of fused-ring (bicyclic) bond motifs is 1. The summed E-state index contributed by atoms with van der Waals surface area (Å²) in [6.07, 6.45) is 4.46. The Kier molecular flexibility index (Phi) is 5.62. The molecule has 1 aliphatic rings. The Balaban J connectivity index is 1.27. The van der Waals surface area contributed by atoms with Gasteiger partial charge in [-0.1, -0.05) is 18.2 Å². The van der Waals surface area contributed by atoms with Crippen molar-refractivity contribution in [3.05, 3.63) is 53.5 Å². The summed E-state index contributed by atoms with van der Waals surface area (Å²) in [5.41, 5.74) is 2.32. The Hall–Kier alpha value is -2.80. The van der Waals surface area contributed by atoms with E-state index in [0.717, 1.165) is 29.8 Å². The largest absolute Gasteiger partial charge is 0.361 e. The number of piperidine rings is 1. The van der Waals surface area contributed by atoms with Crippen LogP contribution < -0.4 is 10.6 Å². The predicted octanol–water partition coefficient (Wildman–Crippen LogP) is 3.83. The lowest BCUT2D eigenvalue weighted by atomic mass is 9.97. The van der Waals surface area contributed by atoms with E-state index in [9.17, 15) is 9.59 Å². The van der Waals surface area contributed by atoms with Crippen LogP contribution in [0.3, 0.4) is 0 Å². The maximum atomic E-state index is 12.6. The van der Waals surface area contributed by atoms with Crippen LogP contribution in [0, 0.1) is 5.92 Å². The third-order valence-electron chi connectivity index (χ3n) is 5.20. The standard InChI is InChI=1S/C21H24N4O2S/c26-20(22-10-9-15-13-23-18-7-2-1-6-17(15)18)16-5-3-11-25(14-16)21(27)24-19-8-4-12-28-19/h1-2,4,6-8,12-13,16,23H,3,5,9-11,14H2,(H,22,26)(H,24,27). The number of carbonyl (C=O) groups is 2. The Bertz CT molecular complexity index is 950. The van der Waals surface area contributed by atoms with Crippen LogP contribution in [-0.4, -0.2) is 41.5 Å². The fourth-order valence-corrected chi connectivity index (χ4v) is 4.32. The molecule has 4 rings (SSSR count). The highest BCUT2D eigenvalue weighted by Crippen LogP contribution is 2.21. The zero-order valence-electron chi connectivity index (χ0n) is 15.6. The molecule has 0 aliphatic carbocycles. The second-order valence-electron chi connectivity index (χ2n) is 7.09. The van der Waals surface area contributed by atoms with Crippen molar-refractivity contribution in [2.45, 2.75) is 19.3 Å². The van der Waals surface area contributed by atoms with Gasteiger partial charge in [0.25, 0.3) is 0 Å². The number of aromatic amines is 1. The maximum absolute atomic E-state index is 12.6. The van der Waals surface area contributed by atoms with Crippen molar-refractivity contribution >= 4 is 39.2 Å². The van der Waals surface area contributed by atoms with Crippen molar-refractivity contribution < 1.29 is 9.59 Å². The van der Waals surface area contributed by atoms with Gasteiger partial charge in [-0.2, -0.15) is 0 Å². The van der Waals surface area contributed by atoms with Gasteiger partial charge in [-0.15, -0.1) is 11.3 Å². The molecule has 3 heterocycles. The van der Waals surface area contributed by atoms with Gasteiger partial charge in [0.1, 0.15) is 0 Å². The molecule has 1 atom stereocenters. The number of anilines is 1. The molecule has 1 unspecified atom stereocenters. The van der Waals surface area contributed by atoms with E-state index in [1.807, 2.05) is 35.8 Å². The number of H-pyrrole nitrogens is 1. The highest BCUT2D eigenvalue weighted by molar-refractivity contribution is 7.14. The van der Waals surface area contributed by atoms with Crippen molar-refractivity contribution in [1.82, 2.24) is 15.2 Å². The van der Waals surface area contributed by atoms with E-state index in [4.69, 9.17) is 0 Å². The normalized spacial score (nSPS) is 16.9. The highest BCUT2D eigenvalue weighted by Gasteiger charge is 2.28. The molecule has 0 radical (unpaired) electrons. The number of urea groups is 1. The van der Waals surface area contributed by atoms with Crippen LogP contribution in [0.15, 0.2) is 48.0 Å². The number of aromatic nitrogens is 1. The fourth-order valence-electron chi connectivity index (χ4n) is 3.71. The first-order chi connectivity index (χ1) is 13.7. The summed E-state index contributed by atoms with van der Waals surface area (Å²) in [6, 6.07) is 11.8. The van der Waals surface area contributed by atoms with Crippen LogP contribution in [0.2, 0.25) is 0 Å². The van der Waals surface area contributed by atoms with Gasteiger partial charge in [0, 0.05) is 36.7 Å². The topological polar surface area (TPSA) is 77.2 Å². The van der Waals surface area contributed by atoms with Gasteiger partial charge in [-0.25, -0.2) is 4.79 Å². The molecule has 1 aromatic carbocycles. The van der Waals surface area contributed by atoms with Gasteiger partial charge >= 0.3 is 6.03 Å². The van der Waals surface area contributed by atoms with E-state index in [1.54, 1.807) is 4.90 Å². The molecule has 3 amide bonds. The Morgan fingerprint density at radius 2 is 2.11 bits per heavy atom. The summed E-state index contributed by atoms with van der Waals surface area (Å²) < 4.78 is 0. The molecule has 2 aromatic heterocycles. The molecule has 6 nitrogen and oxygen atoms in total. The summed E-state index contributed by atoms with van der Waals surface area (Å²) in [5.74, 6) is -0.112. The van der Waals surface area contributed by atoms with Gasteiger partial charge in [0.2, 0.25) is 5.91 Å². The number of hydrogen-bond donors (Lipinski definition) is 3. The van der Waals surface area contributed by atoms with Crippen molar-refractivity contribution in [2.75, 3.05) is 25.0 Å². The maximum Gasteiger partial charge on any atom is 0.322 e. The fraction of sp³-hybridized carbons (Fsp3) is 0.333. The Morgan fingerprint density at radius 1 is 1.21 bits per heavy atom. The van der Waals surface area contributed by atoms with Gasteiger partial charge in [-0.3, -0.25) is 10.1 Å². The highest BCUT2D eigenvalue weighted by atomic mass is 32.1. The van der Waals surface area contributed by atoms with Crippen LogP contribution in [0.5, 0.6) is 0 Å². The van der Waals surface area contributed by atoms with Crippen LogP contribution >= 0.6 is 11.3 Å².